The maximum atomic E-state index is 4.70. The zero-order valence-corrected chi connectivity index (χ0v) is 18.6. The average Bonchev–Trinajstić information content (AvgIpc) is 3.38. The summed E-state index contributed by atoms with van der Waals surface area (Å²) in [6.07, 6.45) is 2.53. The van der Waals surface area contributed by atoms with E-state index in [1.165, 1.54) is 36.2 Å². The first-order valence-electron chi connectivity index (χ1n) is 10.6. The Morgan fingerprint density at radius 1 is 1.00 bits per heavy atom. The second-order valence-electron chi connectivity index (χ2n) is 8.94. The molecule has 6 heteroatoms. The first-order valence-corrected chi connectivity index (χ1v) is 11.4. The Morgan fingerprint density at radius 2 is 1.83 bits per heavy atom. The van der Waals surface area contributed by atoms with Crippen molar-refractivity contribution in [3.63, 3.8) is 0 Å². The summed E-state index contributed by atoms with van der Waals surface area (Å²) in [5.74, 6) is 1.97. The molecule has 29 heavy (non-hydrogen) atoms. The molecule has 2 unspecified atom stereocenters. The minimum atomic E-state index is 0.391. The van der Waals surface area contributed by atoms with E-state index in [9.17, 15) is 0 Å². The van der Waals surface area contributed by atoms with Crippen LogP contribution < -0.4 is 4.90 Å². The maximum Gasteiger partial charge on any atom is 0.132 e. The van der Waals surface area contributed by atoms with Gasteiger partial charge in [-0.25, -0.2) is 15.0 Å². The molecular formula is C23H29N5S. The van der Waals surface area contributed by atoms with Crippen LogP contribution in [-0.2, 0) is 0 Å². The summed E-state index contributed by atoms with van der Waals surface area (Å²) in [7, 11) is 0. The molecule has 5 nitrogen and oxygen atoms in total. The van der Waals surface area contributed by atoms with Gasteiger partial charge in [-0.1, -0.05) is 6.07 Å². The molecule has 2 aliphatic heterocycles. The van der Waals surface area contributed by atoms with E-state index in [0.29, 0.717) is 11.5 Å². The van der Waals surface area contributed by atoms with Crippen LogP contribution in [0.4, 0.5) is 5.82 Å². The van der Waals surface area contributed by atoms with Gasteiger partial charge in [0, 0.05) is 42.9 Å². The number of thiazole rings is 1. The monoisotopic (exact) mass is 407 g/mol. The highest BCUT2D eigenvalue weighted by molar-refractivity contribution is 7.18. The molecule has 2 aromatic heterocycles. The molecule has 2 fully saturated rings. The van der Waals surface area contributed by atoms with Crippen molar-refractivity contribution in [1.82, 2.24) is 19.9 Å². The van der Waals surface area contributed by atoms with Gasteiger partial charge in [0.05, 0.1) is 15.2 Å². The number of aromatic nitrogens is 3. The molecule has 3 aromatic rings. The summed E-state index contributed by atoms with van der Waals surface area (Å²) in [4.78, 5) is 19.0. The van der Waals surface area contributed by atoms with Gasteiger partial charge in [0.15, 0.2) is 0 Å². The Hall–Kier alpha value is -2.05. The standard InChI is InChI=1S/C23H29N5S/c1-15-11-22(25-17(3)24-15)28-10-8-23(14-28)7-9-27(13-23)16(2)19-5-6-21-20(12-19)26-18(4)29-21/h5-6,11-12,16H,7-10,13-14H2,1-4H3. The molecule has 152 valence electrons. The number of hydrogen-bond acceptors (Lipinski definition) is 6. The van der Waals surface area contributed by atoms with Crippen LogP contribution in [0.25, 0.3) is 10.2 Å². The number of likely N-dealkylation sites (tertiary alicyclic amines) is 1. The average molecular weight is 408 g/mol. The van der Waals surface area contributed by atoms with E-state index in [2.05, 4.69) is 59.8 Å². The predicted octanol–water partition coefficient (Wildman–Crippen LogP) is 4.67. The molecule has 4 heterocycles. The molecule has 0 bridgehead atoms. The van der Waals surface area contributed by atoms with Crippen molar-refractivity contribution in [3.8, 4) is 0 Å². The summed E-state index contributed by atoms with van der Waals surface area (Å²) in [5.41, 5.74) is 3.98. The van der Waals surface area contributed by atoms with Gasteiger partial charge in [-0.3, -0.25) is 4.90 Å². The lowest BCUT2D eigenvalue weighted by Gasteiger charge is -2.28. The van der Waals surface area contributed by atoms with Gasteiger partial charge in [0.25, 0.3) is 0 Å². The molecular weight excluding hydrogens is 378 g/mol. The summed E-state index contributed by atoms with van der Waals surface area (Å²) >= 11 is 1.78. The lowest BCUT2D eigenvalue weighted by atomic mass is 9.86. The van der Waals surface area contributed by atoms with E-state index >= 15 is 0 Å². The van der Waals surface area contributed by atoms with Crippen molar-refractivity contribution in [3.05, 3.63) is 46.4 Å². The van der Waals surface area contributed by atoms with E-state index in [4.69, 9.17) is 9.97 Å². The summed E-state index contributed by atoms with van der Waals surface area (Å²) in [6.45, 7) is 13.0. The summed E-state index contributed by atoms with van der Waals surface area (Å²) in [5, 5.41) is 1.14. The van der Waals surface area contributed by atoms with Gasteiger partial charge in [-0.15, -0.1) is 11.3 Å². The Morgan fingerprint density at radius 3 is 2.66 bits per heavy atom. The largest absolute Gasteiger partial charge is 0.356 e. The third-order valence-corrected chi connectivity index (χ3v) is 7.68. The number of fused-ring (bicyclic) bond motifs is 1. The molecule has 5 rings (SSSR count). The Balaban J connectivity index is 1.31. The number of benzene rings is 1. The van der Waals surface area contributed by atoms with Gasteiger partial charge >= 0.3 is 0 Å². The molecule has 0 saturated carbocycles. The SMILES string of the molecule is Cc1cc(N2CCC3(CCN(C(C)c4ccc5sc(C)nc5c4)C3)C2)nc(C)n1. The van der Waals surface area contributed by atoms with Gasteiger partial charge < -0.3 is 4.90 Å². The molecule has 0 aliphatic carbocycles. The van der Waals surface area contributed by atoms with Crippen LogP contribution in [0.15, 0.2) is 24.3 Å². The van der Waals surface area contributed by atoms with Crippen molar-refractivity contribution in [2.45, 2.75) is 46.6 Å². The molecule has 0 radical (unpaired) electrons. The van der Waals surface area contributed by atoms with E-state index in [1.54, 1.807) is 11.3 Å². The summed E-state index contributed by atoms with van der Waals surface area (Å²) < 4.78 is 1.29. The van der Waals surface area contributed by atoms with Crippen molar-refractivity contribution in [2.75, 3.05) is 31.1 Å². The van der Waals surface area contributed by atoms with Crippen molar-refractivity contribution < 1.29 is 0 Å². The molecule has 1 aromatic carbocycles. The zero-order chi connectivity index (χ0) is 20.2. The van der Waals surface area contributed by atoms with Crippen LogP contribution >= 0.6 is 11.3 Å². The molecule has 0 amide bonds. The minimum Gasteiger partial charge on any atom is -0.356 e. The molecule has 0 N–H and O–H groups in total. The third-order valence-electron chi connectivity index (χ3n) is 6.73. The smallest absolute Gasteiger partial charge is 0.132 e. The Labute approximate surface area is 176 Å². The quantitative estimate of drug-likeness (QED) is 0.631. The number of aryl methyl sites for hydroxylation is 3. The predicted molar refractivity (Wildman–Crippen MR) is 120 cm³/mol. The Kier molecular flexibility index (Phi) is 4.59. The van der Waals surface area contributed by atoms with Crippen LogP contribution in [0.5, 0.6) is 0 Å². The lowest BCUT2D eigenvalue weighted by Crippen LogP contribution is -2.32. The molecule has 2 atom stereocenters. The van der Waals surface area contributed by atoms with Gasteiger partial charge in [0.2, 0.25) is 0 Å². The van der Waals surface area contributed by atoms with Gasteiger partial charge in [-0.2, -0.15) is 0 Å². The maximum absolute atomic E-state index is 4.70. The van der Waals surface area contributed by atoms with Gasteiger partial charge in [-0.05, 0) is 64.8 Å². The van der Waals surface area contributed by atoms with Crippen LogP contribution in [0.2, 0.25) is 0 Å². The summed E-state index contributed by atoms with van der Waals surface area (Å²) in [6, 6.07) is 9.39. The fourth-order valence-electron chi connectivity index (χ4n) is 5.15. The number of nitrogens with zero attached hydrogens (tertiary/aromatic N) is 5. The topological polar surface area (TPSA) is 45.2 Å². The van der Waals surface area contributed by atoms with E-state index < -0.39 is 0 Å². The van der Waals surface area contributed by atoms with Crippen molar-refractivity contribution in [1.29, 1.82) is 0 Å². The number of rotatable bonds is 3. The van der Waals surface area contributed by atoms with E-state index in [-0.39, 0.29) is 0 Å². The molecule has 2 saturated heterocycles. The normalized spacial score (nSPS) is 23.5. The van der Waals surface area contributed by atoms with Crippen LogP contribution in [0.1, 0.15) is 47.9 Å². The van der Waals surface area contributed by atoms with Crippen LogP contribution in [-0.4, -0.2) is 46.0 Å². The highest BCUT2D eigenvalue weighted by atomic mass is 32.1. The molecule has 2 aliphatic rings. The Bertz CT molecular complexity index is 1040. The second kappa shape index (κ2) is 7.03. The fraction of sp³-hybridized carbons (Fsp3) is 0.522. The van der Waals surface area contributed by atoms with Crippen molar-refractivity contribution in [2.24, 2.45) is 5.41 Å². The fourth-order valence-corrected chi connectivity index (χ4v) is 5.96. The van der Waals surface area contributed by atoms with E-state index in [1.807, 2.05) is 6.92 Å². The minimum absolute atomic E-state index is 0.391. The van der Waals surface area contributed by atoms with Crippen LogP contribution in [0, 0.1) is 26.2 Å². The number of hydrogen-bond donors (Lipinski definition) is 0. The lowest BCUT2D eigenvalue weighted by molar-refractivity contribution is 0.225. The van der Waals surface area contributed by atoms with E-state index in [0.717, 1.165) is 41.0 Å². The van der Waals surface area contributed by atoms with Crippen molar-refractivity contribution >= 4 is 27.4 Å². The zero-order valence-electron chi connectivity index (χ0n) is 17.8. The third kappa shape index (κ3) is 3.53. The highest BCUT2D eigenvalue weighted by Gasteiger charge is 2.45. The highest BCUT2D eigenvalue weighted by Crippen LogP contribution is 2.43. The molecule has 1 spiro atoms. The van der Waals surface area contributed by atoms with Crippen LogP contribution in [0.3, 0.4) is 0 Å². The second-order valence-corrected chi connectivity index (χ2v) is 10.2. The number of anilines is 1. The van der Waals surface area contributed by atoms with Gasteiger partial charge in [0.1, 0.15) is 11.6 Å². The first-order chi connectivity index (χ1) is 13.9. The first kappa shape index (κ1) is 18.9.